The lowest BCUT2D eigenvalue weighted by molar-refractivity contribution is 0.0531. The summed E-state index contributed by atoms with van der Waals surface area (Å²) in [5, 5.41) is 3.69. The first-order chi connectivity index (χ1) is 9.41. The van der Waals surface area contributed by atoms with Crippen LogP contribution in [0.3, 0.4) is 0 Å². The fourth-order valence-electron chi connectivity index (χ4n) is 3.94. The molecule has 3 atom stereocenters. The van der Waals surface area contributed by atoms with Gasteiger partial charge in [0, 0.05) is 37.8 Å². The molecule has 0 spiro atoms. The molecule has 0 aliphatic carbocycles. The number of hydrogen-bond acceptors (Lipinski definition) is 3. The van der Waals surface area contributed by atoms with Crippen LogP contribution in [0.4, 0.5) is 0 Å². The molecule has 0 aromatic heterocycles. The zero-order valence-corrected chi connectivity index (χ0v) is 14.3. The van der Waals surface area contributed by atoms with Crippen molar-refractivity contribution in [2.75, 3.05) is 32.7 Å². The summed E-state index contributed by atoms with van der Waals surface area (Å²) < 4.78 is 0. The Kier molecular flexibility index (Phi) is 5.49. The molecule has 0 saturated carbocycles. The summed E-state index contributed by atoms with van der Waals surface area (Å²) in [6.07, 6.45) is 4.10. The lowest BCUT2D eigenvalue weighted by atomic mass is 9.84. The third kappa shape index (κ3) is 3.96. The lowest BCUT2D eigenvalue weighted by Crippen LogP contribution is -2.56. The second-order valence-electron chi connectivity index (χ2n) is 7.90. The molecular formula is C17H35N3. The van der Waals surface area contributed by atoms with E-state index in [-0.39, 0.29) is 0 Å². The van der Waals surface area contributed by atoms with Crippen LogP contribution >= 0.6 is 0 Å². The summed E-state index contributed by atoms with van der Waals surface area (Å²) in [5.74, 6) is 0. The van der Waals surface area contributed by atoms with E-state index in [2.05, 4.69) is 49.7 Å². The standard InChI is InChI=1S/C17H35N3/c1-6-18-16(17(3,4)5)9-11-19-13-15-8-7-10-20(15)12-14(19)2/h14-16,18H,6-13H2,1-5H3. The van der Waals surface area contributed by atoms with E-state index in [1.165, 1.54) is 45.4 Å². The first-order valence-electron chi connectivity index (χ1n) is 8.63. The number of piperazine rings is 1. The van der Waals surface area contributed by atoms with Gasteiger partial charge in [0.1, 0.15) is 0 Å². The molecule has 0 bridgehead atoms. The molecule has 0 amide bonds. The van der Waals surface area contributed by atoms with Crippen LogP contribution in [0.1, 0.15) is 53.9 Å². The van der Waals surface area contributed by atoms with Crippen LogP contribution < -0.4 is 5.32 Å². The third-order valence-corrected chi connectivity index (χ3v) is 5.27. The number of fused-ring (bicyclic) bond motifs is 1. The average Bonchev–Trinajstić information content (AvgIpc) is 2.79. The maximum absolute atomic E-state index is 3.69. The monoisotopic (exact) mass is 281 g/mol. The molecule has 3 unspecified atom stereocenters. The molecule has 3 heteroatoms. The van der Waals surface area contributed by atoms with Gasteiger partial charge in [0.2, 0.25) is 0 Å². The second-order valence-corrected chi connectivity index (χ2v) is 7.90. The summed E-state index contributed by atoms with van der Waals surface area (Å²) >= 11 is 0. The van der Waals surface area contributed by atoms with E-state index in [4.69, 9.17) is 0 Å². The van der Waals surface area contributed by atoms with Crippen molar-refractivity contribution in [2.24, 2.45) is 5.41 Å². The predicted octanol–water partition coefficient (Wildman–Crippen LogP) is 2.57. The van der Waals surface area contributed by atoms with Crippen LogP contribution in [0.2, 0.25) is 0 Å². The van der Waals surface area contributed by atoms with Crippen LogP contribution in [0.15, 0.2) is 0 Å². The van der Waals surface area contributed by atoms with Gasteiger partial charge in [0.05, 0.1) is 0 Å². The molecule has 2 heterocycles. The summed E-state index contributed by atoms with van der Waals surface area (Å²) in [7, 11) is 0. The minimum atomic E-state index is 0.356. The van der Waals surface area contributed by atoms with Crippen molar-refractivity contribution in [3.8, 4) is 0 Å². The van der Waals surface area contributed by atoms with Crippen LogP contribution in [0, 0.1) is 5.41 Å². The molecular weight excluding hydrogens is 246 g/mol. The topological polar surface area (TPSA) is 18.5 Å². The largest absolute Gasteiger partial charge is 0.314 e. The lowest BCUT2D eigenvalue weighted by Gasteiger charge is -2.43. The van der Waals surface area contributed by atoms with E-state index >= 15 is 0 Å². The van der Waals surface area contributed by atoms with E-state index in [9.17, 15) is 0 Å². The molecule has 3 nitrogen and oxygen atoms in total. The van der Waals surface area contributed by atoms with Gasteiger partial charge in [0.25, 0.3) is 0 Å². The molecule has 0 aromatic carbocycles. The van der Waals surface area contributed by atoms with Gasteiger partial charge in [-0.05, 0) is 44.7 Å². The van der Waals surface area contributed by atoms with Crippen molar-refractivity contribution in [2.45, 2.75) is 72.0 Å². The first-order valence-corrected chi connectivity index (χ1v) is 8.63. The van der Waals surface area contributed by atoms with Crippen LogP contribution in [0.25, 0.3) is 0 Å². The molecule has 2 aliphatic rings. The Morgan fingerprint density at radius 1 is 1.25 bits per heavy atom. The minimum absolute atomic E-state index is 0.356. The average molecular weight is 281 g/mol. The Labute approximate surface area is 126 Å². The number of nitrogens with zero attached hydrogens (tertiary/aromatic N) is 2. The molecule has 0 radical (unpaired) electrons. The SMILES string of the molecule is CCNC(CCN1CC2CCCN2CC1C)C(C)(C)C. The zero-order valence-electron chi connectivity index (χ0n) is 14.3. The second kappa shape index (κ2) is 6.76. The molecule has 20 heavy (non-hydrogen) atoms. The quantitative estimate of drug-likeness (QED) is 0.835. The van der Waals surface area contributed by atoms with Crippen molar-refractivity contribution in [3.63, 3.8) is 0 Å². The van der Waals surface area contributed by atoms with E-state index < -0.39 is 0 Å². The Balaban J connectivity index is 1.85. The van der Waals surface area contributed by atoms with Crippen LogP contribution in [0.5, 0.6) is 0 Å². The van der Waals surface area contributed by atoms with Crippen molar-refractivity contribution in [1.29, 1.82) is 0 Å². The van der Waals surface area contributed by atoms with Gasteiger partial charge < -0.3 is 5.32 Å². The van der Waals surface area contributed by atoms with E-state index in [1.807, 2.05) is 0 Å². The zero-order chi connectivity index (χ0) is 14.8. The Bertz CT molecular complexity index is 297. The predicted molar refractivity (Wildman–Crippen MR) is 87.2 cm³/mol. The fourth-order valence-corrected chi connectivity index (χ4v) is 3.94. The third-order valence-electron chi connectivity index (χ3n) is 5.27. The summed E-state index contributed by atoms with van der Waals surface area (Å²) in [6.45, 7) is 18.0. The Morgan fingerprint density at radius 2 is 2.00 bits per heavy atom. The van der Waals surface area contributed by atoms with Gasteiger partial charge in [-0.15, -0.1) is 0 Å². The summed E-state index contributed by atoms with van der Waals surface area (Å²) in [5.41, 5.74) is 0.356. The summed E-state index contributed by atoms with van der Waals surface area (Å²) in [4.78, 5) is 5.45. The summed E-state index contributed by atoms with van der Waals surface area (Å²) in [6, 6.07) is 2.20. The van der Waals surface area contributed by atoms with E-state index in [0.717, 1.165) is 18.6 Å². The highest BCUT2D eigenvalue weighted by atomic mass is 15.3. The maximum Gasteiger partial charge on any atom is 0.0224 e. The Hall–Kier alpha value is -0.120. The smallest absolute Gasteiger partial charge is 0.0224 e. The normalized spacial score (nSPS) is 30.4. The highest BCUT2D eigenvalue weighted by molar-refractivity contribution is 4.91. The van der Waals surface area contributed by atoms with E-state index in [1.54, 1.807) is 0 Å². The van der Waals surface area contributed by atoms with Gasteiger partial charge in [-0.2, -0.15) is 0 Å². The van der Waals surface area contributed by atoms with Crippen LogP contribution in [-0.2, 0) is 0 Å². The highest BCUT2D eigenvalue weighted by Crippen LogP contribution is 2.26. The molecule has 1 N–H and O–H groups in total. The number of hydrogen-bond donors (Lipinski definition) is 1. The highest BCUT2D eigenvalue weighted by Gasteiger charge is 2.34. The molecule has 2 saturated heterocycles. The molecule has 0 aromatic rings. The van der Waals surface area contributed by atoms with E-state index in [0.29, 0.717) is 11.5 Å². The molecule has 2 rings (SSSR count). The van der Waals surface area contributed by atoms with Crippen LogP contribution in [-0.4, -0.2) is 60.6 Å². The van der Waals surface area contributed by atoms with Gasteiger partial charge in [-0.1, -0.05) is 27.7 Å². The number of rotatable bonds is 5. The fraction of sp³-hybridized carbons (Fsp3) is 1.00. The van der Waals surface area contributed by atoms with Gasteiger partial charge >= 0.3 is 0 Å². The minimum Gasteiger partial charge on any atom is -0.314 e. The number of nitrogens with one attached hydrogen (secondary N) is 1. The van der Waals surface area contributed by atoms with Gasteiger partial charge in [-0.3, -0.25) is 9.80 Å². The molecule has 118 valence electrons. The van der Waals surface area contributed by atoms with Crippen molar-refractivity contribution < 1.29 is 0 Å². The van der Waals surface area contributed by atoms with Crippen molar-refractivity contribution in [3.05, 3.63) is 0 Å². The first kappa shape index (κ1) is 16.3. The molecule has 2 aliphatic heterocycles. The van der Waals surface area contributed by atoms with Crippen molar-refractivity contribution >= 4 is 0 Å². The maximum atomic E-state index is 3.69. The Morgan fingerprint density at radius 3 is 2.65 bits per heavy atom. The molecule has 2 fully saturated rings. The van der Waals surface area contributed by atoms with Crippen molar-refractivity contribution in [1.82, 2.24) is 15.1 Å². The van der Waals surface area contributed by atoms with Gasteiger partial charge in [-0.25, -0.2) is 0 Å². The van der Waals surface area contributed by atoms with Gasteiger partial charge in [0.15, 0.2) is 0 Å².